The van der Waals surface area contributed by atoms with Crippen molar-refractivity contribution in [1.29, 1.82) is 0 Å². The van der Waals surface area contributed by atoms with Gasteiger partial charge in [-0.25, -0.2) is 4.98 Å². The van der Waals surface area contributed by atoms with Gasteiger partial charge < -0.3 is 9.72 Å². The minimum absolute atomic E-state index is 0.456. The van der Waals surface area contributed by atoms with E-state index in [4.69, 9.17) is 9.72 Å². The molecule has 1 aliphatic heterocycles. The van der Waals surface area contributed by atoms with Crippen LogP contribution in [0.1, 0.15) is 23.9 Å². The lowest BCUT2D eigenvalue weighted by Crippen LogP contribution is -2.20. The first-order chi connectivity index (χ1) is 11.3. The average Bonchev–Trinajstić information content (AvgIpc) is 3.21. The summed E-state index contributed by atoms with van der Waals surface area (Å²) in [5, 5.41) is 0. The van der Waals surface area contributed by atoms with Gasteiger partial charge in [0.25, 0.3) is 0 Å². The van der Waals surface area contributed by atoms with Crippen LogP contribution in [0.4, 0.5) is 0 Å². The van der Waals surface area contributed by atoms with E-state index in [1.807, 2.05) is 36.5 Å². The first-order valence-electron chi connectivity index (χ1n) is 7.98. The molecule has 3 heterocycles. The Bertz CT molecular complexity index is 799. The SMILES string of the molecule is COc1ccc2nc([C@H]3CCN(Cc4ccccn4)C3)[nH]c2c1. The summed E-state index contributed by atoms with van der Waals surface area (Å²) >= 11 is 0. The second-order valence-electron chi connectivity index (χ2n) is 6.05. The Morgan fingerprint density at radius 3 is 3.09 bits per heavy atom. The van der Waals surface area contributed by atoms with Gasteiger partial charge in [0.05, 0.1) is 23.8 Å². The monoisotopic (exact) mass is 308 g/mol. The van der Waals surface area contributed by atoms with Gasteiger partial charge in [-0.2, -0.15) is 0 Å². The fraction of sp³-hybridized carbons (Fsp3) is 0.333. The molecule has 0 bridgehead atoms. The van der Waals surface area contributed by atoms with E-state index in [-0.39, 0.29) is 0 Å². The number of imidazole rings is 1. The molecule has 23 heavy (non-hydrogen) atoms. The Morgan fingerprint density at radius 1 is 1.30 bits per heavy atom. The number of fused-ring (bicyclic) bond motifs is 1. The van der Waals surface area contributed by atoms with Crippen LogP contribution >= 0.6 is 0 Å². The molecule has 1 aliphatic rings. The fourth-order valence-electron chi connectivity index (χ4n) is 3.25. The smallest absolute Gasteiger partial charge is 0.121 e. The number of rotatable bonds is 4. The number of ether oxygens (including phenoxy) is 1. The zero-order chi connectivity index (χ0) is 15.6. The van der Waals surface area contributed by atoms with Crippen LogP contribution in [0.2, 0.25) is 0 Å². The Morgan fingerprint density at radius 2 is 2.26 bits per heavy atom. The van der Waals surface area contributed by atoms with Gasteiger partial charge in [-0.15, -0.1) is 0 Å². The topological polar surface area (TPSA) is 54.0 Å². The van der Waals surface area contributed by atoms with Gasteiger partial charge in [-0.05, 0) is 37.2 Å². The van der Waals surface area contributed by atoms with Crippen LogP contribution < -0.4 is 4.74 Å². The van der Waals surface area contributed by atoms with Crippen LogP contribution in [-0.2, 0) is 6.54 Å². The van der Waals surface area contributed by atoms with Crippen LogP contribution in [0, 0.1) is 0 Å². The number of aromatic nitrogens is 3. The summed E-state index contributed by atoms with van der Waals surface area (Å²) in [6.07, 6.45) is 2.99. The second-order valence-corrected chi connectivity index (χ2v) is 6.05. The summed E-state index contributed by atoms with van der Waals surface area (Å²) in [7, 11) is 1.69. The number of nitrogens with one attached hydrogen (secondary N) is 1. The molecule has 2 aromatic heterocycles. The summed E-state index contributed by atoms with van der Waals surface area (Å²) < 4.78 is 5.28. The van der Waals surface area contributed by atoms with E-state index in [2.05, 4.69) is 20.9 Å². The minimum atomic E-state index is 0.456. The maximum absolute atomic E-state index is 5.28. The van der Waals surface area contributed by atoms with Gasteiger partial charge >= 0.3 is 0 Å². The van der Waals surface area contributed by atoms with Crippen molar-refractivity contribution in [2.24, 2.45) is 0 Å². The van der Waals surface area contributed by atoms with Gasteiger partial charge in [0.1, 0.15) is 11.6 Å². The third-order valence-corrected chi connectivity index (χ3v) is 4.48. The molecule has 118 valence electrons. The zero-order valence-corrected chi connectivity index (χ0v) is 13.2. The highest BCUT2D eigenvalue weighted by Gasteiger charge is 2.26. The van der Waals surface area contributed by atoms with Crippen LogP contribution in [0.15, 0.2) is 42.6 Å². The number of nitrogens with zero attached hydrogens (tertiary/aromatic N) is 3. The molecule has 1 saturated heterocycles. The van der Waals surface area contributed by atoms with Crippen molar-refractivity contribution in [3.05, 3.63) is 54.1 Å². The third-order valence-electron chi connectivity index (χ3n) is 4.48. The lowest BCUT2D eigenvalue weighted by molar-refractivity contribution is 0.322. The number of pyridine rings is 1. The first-order valence-corrected chi connectivity index (χ1v) is 7.98. The van der Waals surface area contributed by atoms with Crippen molar-refractivity contribution in [2.75, 3.05) is 20.2 Å². The molecular formula is C18H20N4O. The molecule has 5 nitrogen and oxygen atoms in total. The quantitative estimate of drug-likeness (QED) is 0.805. The number of methoxy groups -OCH3 is 1. The summed E-state index contributed by atoms with van der Waals surface area (Å²) in [5.74, 6) is 2.39. The van der Waals surface area contributed by atoms with E-state index >= 15 is 0 Å². The highest BCUT2D eigenvalue weighted by Crippen LogP contribution is 2.28. The molecule has 1 N–H and O–H groups in total. The average molecular weight is 308 g/mol. The normalized spacial score (nSPS) is 18.6. The van der Waals surface area contributed by atoms with E-state index < -0.39 is 0 Å². The number of hydrogen-bond donors (Lipinski definition) is 1. The molecule has 0 amide bonds. The Balaban J connectivity index is 1.49. The Kier molecular flexibility index (Phi) is 3.71. The number of H-pyrrole nitrogens is 1. The zero-order valence-electron chi connectivity index (χ0n) is 13.2. The van der Waals surface area contributed by atoms with E-state index in [0.717, 1.165) is 54.4 Å². The Labute approximate surface area is 135 Å². The summed E-state index contributed by atoms with van der Waals surface area (Å²) in [5.41, 5.74) is 3.17. The van der Waals surface area contributed by atoms with Crippen molar-refractivity contribution in [3.63, 3.8) is 0 Å². The number of hydrogen-bond acceptors (Lipinski definition) is 4. The minimum Gasteiger partial charge on any atom is -0.497 e. The maximum atomic E-state index is 5.28. The van der Waals surface area contributed by atoms with Gasteiger partial charge in [0, 0.05) is 31.3 Å². The number of benzene rings is 1. The Hall–Kier alpha value is -2.40. The standard InChI is InChI=1S/C18H20N4O/c1-23-15-5-6-16-17(10-15)21-18(20-16)13-7-9-22(11-13)12-14-4-2-3-8-19-14/h2-6,8,10,13H,7,9,11-12H2,1H3,(H,20,21)/t13-/m0/s1. The predicted octanol–water partition coefficient (Wildman–Crippen LogP) is 2.96. The van der Waals surface area contributed by atoms with Crippen LogP contribution in [0.25, 0.3) is 11.0 Å². The molecule has 1 aromatic carbocycles. The largest absolute Gasteiger partial charge is 0.497 e. The molecule has 0 radical (unpaired) electrons. The predicted molar refractivity (Wildman–Crippen MR) is 89.5 cm³/mol. The third kappa shape index (κ3) is 2.92. The molecule has 0 aliphatic carbocycles. The van der Waals surface area contributed by atoms with Crippen LogP contribution in [0.5, 0.6) is 5.75 Å². The van der Waals surface area contributed by atoms with Gasteiger partial charge in [0.2, 0.25) is 0 Å². The van der Waals surface area contributed by atoms with Crippen molar-refractivity contribution in [3.8, 4) is 5.75 Å². The lowest BCUT2D eigenvalue weighted by atomic mass is 10.1. The van der Waals surface area contributed by atoms with Gasteiger partial charge in [0.15, 0.2) is 0 Å². The maximum Gasteiger partial charge on any atom is 0.121 e. The molecule has 4 rings (SSSR count). The van der Waals surface area contributed by atoms with Gasteiger partial charge in [-0.1, -0.05) is 6.07 Å². The van der Waals surface area contributed by atoms with Crippen LogP contribution in [0.3, 0.4) is 0 Å². The number of likely N-dealkylation sites (tertiary alicyclic amines) is 1. The van der Waals surface area contributed by atoms with Crippen molar-refractivity contribution in [2.45, 2.75) is 18.9 Å². The molecule has 0 spiro atoms. The van der Waals surface area contributed by atoms with E-state index in [0.29, 0.717) is 5.92 Å². The van der Waals surface area contributed by atoms with Crippen molar-refractivity contribution < 1.29 is 4.74 Å². The second kappa shape index (κ2) is 6.01. The van der Waals surface area contributed by atoms with Crippen LogP contribution in [-0.4, -0.2) is 40.1 Å². The molecule has 1 atom stereocenters. The molecule has 0 saturated carbocycles. The van der Waals surface area contributed by atoms with E-state index in [1.54, 1.807) is 7.11 Å². The van der Waals surface area contributed by atoms with E-state index in [1.165, 1.54) is 0 Å². The highest BCUT2D eigenvalue weighted by molar-refractivity contribution is 5.76. The molecule has 0 unspecified atom stereocenters. The highest BCUT2D eigenvalue weighted by atomic mass is 16.5. The number of aromatic amines is 1. The lowest BCUT2D eigenvalue weighted by Gasteiger charge is -2.14. The first kappa shape index (κ1) is 14.2. The van der Waals surface area contributed by atoms with Gasteiger partial charge in [-0.3, -0.25) is 9.88 Å². The van der Waals surface area contributed by atoms with E-state index in [9.17, 15) is 0 Å². The summed E-state index contributed by atoms with van der Waals surface area (Å²) in [4.78, 5) is 15.1. The molecule has 5 heteroatoms. The van der Waals surface area contributed by atoms with Crippen molar-refractivity contribution in [1.82, 2.24) is 19.9 Å². The molecule has 3 aromatic rings. The summed E-state index contributed by atoms with van der Waals surface area (Å²) in [6, 6.07) is 12.1. The summed E-state index contributed by atoms with van der Waals surface area (Å²) in [6.45, 7) is 3.01. The molecule has 1 fully saturated rings. The fourth-order valence-corrected chi connectivity index (χ4v) is 3.25. The molecular weight excluding hydrogens is 288 g/mol. The van der Waals surface area contributed by atoms with Crippen molar-refractivity contribution >= 4 is 11.0 Å².